The summed E-state index contributed by atoms with van der Waals surface area (Å²) < 4.78 is 44.5. The largest absolute Gasteiger partial charge is 0.495 e. The number of amidine groups is 1. The summed E-state index contributed by atoms with van der Waals surface area (Å²) in [5.41, 5.74) is 0.410. The molecule has 0 saturated heterocycles. The Hall–Kier alpha value is -2.39. The first kappa shape index (κ1) is 20.3. The van der Waals surface area contributed by atoms with Crippen molar-refractivity contribution in [3.05, 3.63) is 42.5 Å². The summed E-state index contributed by atoms with van der Waals surface area (Å²) in [5, 5.41) is 0.422. The fraction of sp³-hybridized carbons (Fsp3) is 0.316. The Morgan fingerprint density at radius 1 is 0.964 bits per heavy atom. The van der Waals surface area contributed by atoms with Gasteiger partial charge in [0.2, 0.25) is 0 Å². The van der Waals surface area contributed by atoms with E-state index in [-0.39, 0.29) is 4.90 Å². The summed E-state index contributed by atoms with van der Waals surface area (Å²) in [6.07, 6.45) is 0.907. The number of thioether (sulfide) groups is 1. The molecular weight excluding hydrogens is 400 g/mol. The smallest absolute Gasteiger partial charge is 0.270 e. The van der Waals surface area contributed by atoms with Crippen molar-refractivity contribution in [3.63, 3.8) is 0 Å². The number of ether oxygens (including phenoxy) is 3. The highest BCUT2D eigenvalue weighted by molar-refractivity contribution is 8.15. The lowest BCUT2D eigenvalue weighted by atomic mass is 10.3. The van der Waals surface area contributed by atoms with Crippen LogP contribution in [0, 0.1) is 0 Å². The maximum absolute atomic E-state index is 13.6. The maximum Gasteiger partial charge on any atom is 0.270 e. The van der Waals surface area contributed by atoms with Gasteiger partial charge in [-0.1, -0.05) is 23.9 Å². The number of hydrogen-bond donors (Lipinski definition) is 0. The molecule has 0 aliphatic carbocycles. The van der Waals surface area contributed by atoms with Crippen molar-refractivity contribution in [3.8, 4) is 17.2 Å². The fourth-order valence-electron chi connectivity index (χ4n) is 2.79. The topological polar surface area (TPSA) is 77.4 Å². The van der Waals surface area contributed by atoms with E-state index < -0.39 is 10.0 Å². The second-order valence-corrected chi connectivity index (χ2v) is 8.67. The zero-order valence-corrected chi connectivity index (χ0v) is 17.5. The van der Waals surface area contributed by atoms with Crippen molar-refractivity contribution in [2.75, 3.05) is 37.9 Å². The number of aliphatic imine (C=N–C) groups is 1. The van der Waals surface area contributed by atoms with E-state index in [9.17, 15) is 8.42 Å². The van der Waals surface area contributed by atoms with Crippen LogP contribution in [-0.2, 0) is 10.0 Å². The minimum absolute atomic E-state index is 0.0740. The highest BCUT2D eigenvalue weighted by Gasteiger charge is 2.33. The van der Waals surface area contributed by atoms with E-state index in [1.165, 1.54) is 49.5 Å². The number of sulfonamides is 1. The summed E-state index contributed by atoms with van der Waals surface area (Å²) in [7, 11) is 0.498. The number of nitrogens with zero attached hydrogens (tertiary/aromatic N) is 2. The molecule has 0 fully saturated rings. The number of benzene rings is 2. The van der Waals surface area contributed by atoms with Gasteiger partial charge in [0.25, 0.3) is 10.0 Å². The van der Waals surface area contributed by atoms with Gasteiger partial charge in [-0.3, -0.25) is 4.99 Å². The maximum atomic E-state index is 13.6. The second-order valence-electron chi connectivity index (χ2n) is 5.82. The normalized spacial score (nSPS) is 14.2. The molecule has 9 heteroatoms. The average Bonchev–Trinajstić information content (AvgIpc) is 2.74. The standard InChI is InChI=1S/C19H22N2O5S2/c1-24-16-8-5-4-7-15(16)21(19-20-11-6-12-27-19)28(22,23)14-9-10-17(25-2)18(13-14)26-3/h4-5,7-10,13H,6,11-12H2,1-3H3. The molecule has 2 aromatic rings. The predicted molar refractivity (Wildman–Crippen MR) is 112 cm³/mol. The van der Waals surface area contributed by atoms with Crippen LogP contribution < -0.4 is 18.5 Å². The zero-order chi connectivity index (χ0) is 20.1. The lowest BCUT2D eigenvalue weighted by Crippen LogP contribution is -2.37. The van der Waals surface area contributed by atoms with E-state index in [1.54, 1.807) is 30.3 Å². The highest BCUT2D eigenvalue weighted by Crippen LogP contribution is 2.37. The van der Waals surface area contributed by atoms with E-state index in [4.69, 9.17) is 14.2 Å². The Morgan fingerprint density at radius 3 is 2.32 bits per heavy atom. The van der Waals surface area contributed by atoms with Crippen molar-refractivity contribution < 1.29 is 22.6 Å². The Kier molecular flexibility index (Phi) is 6.35. The quantitative estimate of drug-likeness (QED) is 0.710. The molecule has 150 valence electrons. The van der Waals surface area contributed by atoms with E-state index >= 15 is 0 Å². The van der Waals surface area contributed by atoms with Crippen LogP contribution in [0.4, 0.5) is 5.69 Å². The van der Waals surface area contributed by atoms with Gasteiger partial charge in [-0.2, -0.15) is 0 Å². The van der Waals surface area contributed by atoms with Crippen LogP contribution in [0.2, 0.25) is 0 Å². The van der Waals surface area contributed by atoms with Crippen LogP contribution in [-0.4, -0.2) is 47.2 Å². The third kappa shape index (κ3) is 3.90. The van der Waals surface area contributed by atoms with Crippen LogP contribution in [0.1, 0.15) is 6.42 Å². The molecule has 1 aliphatic heterocycles. The molecule has 1 aliphatic rings. The molecule has 1 heterocycles. The lowest BCUT2D eigenvalue weighted by molar-refractivity contribution is 0.354. The van der Waals surface area contributed by atoms with E-state index in [0.29, 0.717) is 34.6 Å². The molecule has 0 saturated carbocycles. The molecule has 28 heavy (non-hydrogen) atoms. The number of methoxy groups -OCH3 is 3. The van der Waals surface area contributed by atoms with Gasteiger partial charge in [0, 0.05) is 18.4 Å². The van der Waals surface area contributed by atoms with Crippen molar-refractivity contribution in [2.45, 2.75) is 11.3 Å². The Labute approximate surface area is 169 Å². The fourth-order valence-corrected chi connectivity index (χ4v) is 5.47. The minimum Gasteiger partial charge on any atom is -0.495 e. The second kappa shape index (κ2) is 8.74. The van der Waals surface area contributed by atoms with Crippen molar-refractivity contribution >= 4 is 32.6 Å². The van der Waals surface area contributed by atoms with Crippen molar-refractivity contribution in [1.82, 2.24) is 0 Å². The van der Waals surface area contributed by atoms with Crippen LogP contribution in [0.3, 0.4) is 0 Å². The number of hydrogen-bond acceptors (Lipinski definition) is 7. The Balaban J connectivity index is 2.18. The average molecular weight is 423 g/mol. The Morgan fingerprint density at radius 2 is 1.68 bits per heavy atom. The molecule has 3 rings (SSSR count). The number of anilines is 1. The molecule has 0 spiro atoms. The molecular formula is C19H22N2O5S2. The van der Waals surface area contributed by atoms with Crippen molar-refractivity contribution in [2.24, 2.45) is 4.99 Å². The summed E-state index contributed by atoms with van der Waals surface area (Å²) in [6, 6.07) is 11.5. The highest BCUT2D eigenvalue weighted by atomic mass is 32.2. The van der Waals surface area contributed by atoms with Gasteiger partial charge in [0.1, 0.15) is 11.4 Å². The summed E-state index contributed by atoms with van der Waals surface area (Å²) in [6.45, 7) is 0.579. The van der Waals surface area contributed by atoms with E-state index in [2.05, 4.69) is 4.99 Å². The van der Waals surface area contributed by atoms with Crippen LogP contribution >= 0.6 is 11.8 Å². The molecule has 0 amide bonds. The van der Waals surface area contributed by atoms with Gasteiger partial charge >= 0.3 is 0 Å². The Bertz CT molecular complexity index is 976. The first-order valence-corrected chi connectivity index (χ1v) is 11.0. The van der Waals surface area contributed by atoms with Crippen molar-refractivity contribution in [1.29, 1.82) is 0 Å². The number of rotatable bonds is 6. The molecule has 7 nitrogen and oxygen atoms in total. The third-order valence-electron chi connectivity index (χ3n) is 4.15. The lowest BCUT2D eigenvalue weighted by Gasteiger charge is -2.28. The number of para-hydroxylation sites is 2. The summed E-state index contributed by atoms with van der Waals surface area (Å²) in [5.74, 6) is 2.03. The molecule has 0 N–H and O–H groups in total. The first-order valence-electron chi connectivity index (χ1n) is 8.60. The molecule has 0 aromatic heterocycles. The van der Waals surface area contributed by atoms with E-state index in [1.807, 2.05) is 0 Å². The molecule has 0 bridgehead atoms. The molecule has 0 atom stereocenters. The predicted octanol–water partition coefficient (Wildman–Crippen LogP) is 3.40. The van der Waals surface area contributed by atoms with Crippen LogP contribution in [0.25, 0.3) is 0 Å². The minimum atomic E-state index is -3.98. The first-order chi connectivity index (χ1) is 13.5. The zero-order valence-electron chi connectivity index (χ0n) is 15.9. The van der Waals surface area contributed by atoms with Gasteiger partial charge in [-0.25, -0.2) is 12.7 Å². The van der Waals surface area contributed by atoms with Gasteiger partial charge in [-0.15, -0.1) is 0 Å². The molecule has 2 aromatic carbocycles. The third-order valence-corrected chi connectivity index (χ3v) is 7.03. The SMILES string of the molecule is COc1ccc(S(=O)(=O)N(C2=NCCCS2)c2ccccc2OC)cc1OC. The molecule has 0 unspecified atom stereocenters. The monoisotopic (exact) mass is 422 g/mol. The summed E-state index contributed by atoms with van der Waals surface area (Å²) >= 11 is 1.41. The van der Waals surface area contributed by atoms with Gasteiger partial charge < -0.3 is 14.2 Å². The summed E-state index contributed by atoms with van der Waals surface area (Å²) in [4.78, 5) is 4.54. The van der Waals surface area contributed by atoms with Crippen LogP contribution in [0.5, 0.6) is 17.2 Å². The van der Waals surface area contributed by atoms with Gasteiger partial charge in [0.05, 0.1) is 26.2 Å². The van der Waals surface area contributed by atoms with Gasteiger partial charge in [-0.05, 0) is 30.7 Å². The van der Waals surface area contributed by atoms with Gasteiger partial charge in [0.15, 0.2) is 16.7 Å². The molecule has 0 radical (unpaired) electrons. The van der Waals surface area contributed by atoms with E-state index in [0.717, 1.165) is 12.2 Å². The van der Waals surface area contributed by atoms with Crippen LogP contribution in [0.15, 0.2) is 52.4 Å².